The van der Waals surface area contributed by atoms with Crippen molar-refractivity contribution in [2.75, 3.05) is 69.2 Å². The van der Waals surface area contributed by atoms with Crippen LogP contribution >= 0.6 is 11.3 Å². The molecule has 0 atom stereocenters. The molecule has 2 saturated heterocycles. The molecule has 2 fully saturated rings. The van der Waals surface area contributed by atoms with Gasteiger partial charge in [-0.2, -0.15) is 4.31 Å². The Morgan fingerprint density at radius 3 is 2.33 bits per heavy atom. The maximum Gasteiger partial charge on any atom is 0.252 e. The number of morpholine rings is 1. The smallest absolute Gasteiger partial charge is 0.252 e. The molecule has 0 aliphatic carbocycles. The van der Waals surface area contributed by atoms with Crippen LogP contribution in [0.25, 0.3) is 0 Å². The third-order valence-corrected chi connectivity index (χ3v) is 8.59. The summed E-state index contributed by atoms with van der Waals surface area (Å²) in [5.74, 6) is -0.0938. The number of nitrogens with one attached hydrogen (secondary N) is 1. The van der Waals surface area contributed by atoms with E-state index in [9.17, 15) is 13.2 Å². The van der Waals surface area contributed by atoms with Crippen LogP contribution in [0.3, 0.4) is 0 Å². The summed E-state index contributed by atoms with van der Waals surface area (Å²) in [4.78, 5) is 16.7. The van der Waals surface area contributed by atoms with E-state index in [0.717, 1.165) is 37.7 Å². The van der Waals surface area contributed by atoms with Crippen LogP contribution in [-0.4, -0.2) is 82.6 Å². The van der Waals surface area contributed by atoms with Gasteiger partial charge in [0.25, 0.3) is 10.0 Å². The summed E-state index contributed by atoms with van der Waals surface area (Å²) >= 11 is 1.23. The van der Waals surface area contributed by atoms with Gasteiger partial charge in [0.1, 0.15) is 4.21 Å². The largest absolute Gasteiger partial charge is 0.378 e. The molecule has 3 heterocycles. The van der Waals surface area contributed by atoms with Crippen LogP contribution < -0.4 is 10.2 Å². The molecule has 30 heavy (non-hydrogen) atoms. The monoisotopic (exact) mass is 450 g/mol. The summed E-state index contributed by atoms with van der Waals surface area (Å²) in [7, 11) is -3.42. The Labute approximate surface area is 181 Å². The zero-order chi connectivity index (χ0) is 21.0. The SMILES string of the molecule is O=C(CN1CCN(S(=O)(=O)c2cccs2)CC1)Nc1ccc(N2CCOCC2)cc1. The minimum Gasteiger partial charge on any atom is -0.378 e. The number of benzene rings is 1. The van der Waals surface area contributed by atoms with E-state index in [4.69, 9.17) is 4.74 Å². The molecule has 0 radical (unpaired) electrons. The van der Waals surface area contributed by atoms with Crippen LogP contribution in [0, 0.1) is 0 Å². The van der Waals surface area contributed by atoms with Gasteiger partial charge in [0.05, 0.1) is 19.8 Å². The second-order valence-electron chi connectivity index (χ2n) is 7.31. The zero-order valence-electron chi connectivity index (χ0n) is 16.7. The van der Waals surface area contributed by atoms with Gasteiger partial charge in [-0.1, -0.05) is 6.07 Å². The standard InChI is InChI=1S/C20H26N4O4S2/c25-19(21-17-3-5-18(6-4-17)23-11-13-28-14-12-23)16-22-7-9-24(10-8-22)30(26,27)20-2-1-15-29-20/h1-6,15H,7-14,16H2,(H,21,25). The Bertz CT molecular complexity index is 934. The summed E-state index contributed by atoms with van der Waals surface area (Å²) in [6.45, 7) is 5.32. The Morgan fingerprint density at radius 2 is 1.70 bits per heavy atom. The number of thiophene rings is 1. The molecule has 0 bridgehead atoms. The number of sulfonamides is 1. The first-order valence-electron chi connectivity index (χ1n) is 10.0. The van der Waals surface area contributed by atoms with Crippen molar-refractivity contribution in [1.29, 1.82) is 0 Å². The Hall–Kier alpha value is -1.98. The van der Waals surface area contributed by atoms with Crippen molar-refractivity contribution in [2.24, 2.45) is 0 Å². The molecule has 0 spiro atoms. The quantitative estimate of drug-likeness (QED) is 0.719. The fourth-order valence-corrected chi connectivity index (χ4v) is 6.21. The van der Waals surface area contributed by atoms with Crippen LogP contribution in [-0.2, 0) is 19.6 Å². The average Bonchev–Trinajstić information content (AvgIpc) is 3.31. The lowest BCUT2D eigenvalue weighted by Crippen LogP contribution is -2.50. The number of ether oxygens (including phenoxy) is 1. The molecule has 1 amide bonds. The van der Waals surface area contributed by atoms with Gasteiger partial charge in [-0.3, -0.25) is 9.69 Å². The number of rotatable bonds is 6. The molecule has 10 heteroatoms. The summed E-state index contributed by atoms with van der Waals surface area (Å²) in [6.07, 6.45) is 0. The van der Waals surface area contributed by atoms with Gasteiger partial charge in [-0.05, 0) is 35.7 Å². The van der Waals surface area contributed by atoms with Crippen molar-refractivity contribution < 1.29 is 17.9 Å². The van der Waals surface area contributed by atoms with Crippen LogP contribution in [0.15, 0.2) is 46.0 Å². The van der Waals surface area contributed by atoms with Gasteiger partial charge in [0.2, 0.25) is 5.91 Å². The van der Waals surface area contributed by atoms with Crippen LogP contribution in [0.1, 0.15) is 0 Å². The van der Waals surface area contributed by atoms with E-state index in [0.29, 0.717) is 30.4 Å². The van der Waals surface area contributed by atoms with Crippen molar-refractivity contribution in [3.8, 4) is 0 Å². The van der Waals surface area contributed by atoms with Gasteiger partial charge >= 0.3 is 0 Å². The van der Waals surface area contributed by atoms with Crippen molar-refractivity contribution in [3.05, 3.63) is 41.8 Å². The third-order valence-electron chi connectivity index (χ3n) is 5.31. The molecule has 8 nitrogen and oxygen atoms in total. The number of carbonyl (C=O) groups is 1. The van der Waals surface area contributed by atoms with Crippen LogP contribution in [0.5, 0.6) is 0 Å². The van der Waals surface area contributed by atoms with E-state index >= 15 is 0 Å². The predicted molar refractivity (Wildman–Crippen MR) is 118 cm³/mol. The Balaban J connectivity index is 1.25. The zero-order valence-corrected chi connectivity index (χ0v) is 18.3. The van der Waals surface area contributed by atoms with Gasteiger partial charge in [-0.25, -0.2) is 8.42 Å². The number of hydrogen-bond donors (Lipinski definition) is 1. The number of piperazine rings is 1. The number of amides is 1. The first-order chi connectivity index (χ1) is 14.5. The molecular formula is C20H26N4O4S2. The lowest BCUT2D eigenvalue weighted by Gasteiger charge is -2.33. The summed E-state index contributed by atoms with van der Waals surface area (Å²) in [5.41, 5.74) is 1.88. The van der Waals surface area contributed by atoms with Gasteiger partial charge < -0.3 is 15.0 Å². The predicted octanol–water partition coefficient (Wildman–Crippen LogP) is 1.53. The first-order valence-corrected chi connectivity index (χ1v) is 12.3. The van der Waals surface area contributed by atoms with E-state index in [-0.39, 0.29) is 12.5 Å². The lowest BCUT2D eigenvalue weighted by molar-refractivity contribution is -0.117. The fourth-order valence-electron chi connectivity index (χ4n) is 3.65. The van der Waals surface area contributed by atoms with E-state index in [1.807, 2.05) is 29.2 Å². The van der Waals surface area contributed by atoms with Crippen molar-refractivity contribution in [3.63, 3.8) is 0 Å². The summed E-state index contributed by atoms with van der Waals surface area (Å²) < 4.78 is 32.4. The molecular weight excluding hydrogens is 424 g/mol. The molecule has 2 aromatic rings. The van der Waals surface area contributed by atoms with Crippen molar-refractivity contribution in [1.82, 2.24) is 9.21 Å². The highest BCUT2D eigenvalue weighted by Crippen LogP contribution is 2.22. The normalized spacial score (nSPS) is 19.0. The van der Waals surface area contributed by atoms with E-state index in [1.54, 1.807) is 17.5 Å². The second kappa shape index (κ2) is 9.44. The molecule has 0 saturated carbocycles. The van der Waals surface area contributed by atoms with E-state index < -0.39 is 10.0 Å². The molecule has 0 unspecified atom stereocenters. The molecule has 162 valence electrons. The molecule has 1 aromatic carbocycles. The van der Waals surface area contributed by atoms with Crippen LogP contribution in [0.2, 0.25) is 0 Å². The van der Waals surface area contributed by atoms with Crippen LogP contribution in [0.4, 0.5) is 11.4 Å². The minimum absolute atomic E-state index is 0.0938. The maximum absolute atomic E-state index is 12.6. The number of anilines is 2. The van der Waals surface area contributed by atoms with Gasteiger partial charge in [-0.15, -0.1) is 11.3 Å². The summed E-state index contributed by atoms with van der Waals surface area (Å²) in [5, 5.41) is 4.69. The van der Waals surface area contributed by atoms with Crippen molar-refractivity contribution in [2.45, 2.75) is 4.21 Å². The Morgan fingerprint density at radius 1 is 1.00 bits per heavy atom. The first kappa shape index (κ1) is 21.3. The molecule has 1 N–H and O–H groups in total. The number of hydrogen-bond acceptors (Lipinski definition) is 7. The molecule has 4 rings (SSSR count). The molecule has 2 aliphatic heterocycles. The second-order valence-corrected chi connectivity index (χ2v) is 10.4. The highest BCUT2D eigenvalue weighted by Gasteiger charge is 2.29. The minimum atomic E-state index is -3.42. The number of carbonyl (C=O) groups excluding carboxylic acids is 1. The molecule has 2 aliphatic rings. The lowest BCUT2D eigenvalue weighted by atomic mass is 10.2. The van der Waals surface area contributed by atoms with E-state index in [2.05, 4.69) is 10.2 Å². The Kier molecular flexibility index (Phi) is 6.69. The number of nitrogens with zero attached hydrogens (tertiary/aromatic N) is 3. The highest BCUT2D eigenvalue weighted by molar-refractivity contribution is 7.91. The highest BCUT2D eigenvalue weighted by atomic mass is 32.2. The maximum atomic E-state index is 12.6. The fraction of sp³-hybridized carbons (Fsp3) is 0.450. The van der Waals surface area contributed by atoms with Gasteiger partial charge in [0.15, 0.2) is 0 Å². The third kappa shape index (κ3) is 5.01. The molecule has 1 aromatic heterocycles. The van der Waals surface area contributed by atoms with E-state index in [1.165, 1.54) is 15.6 Å². The topological polar surface area (TPSA) is 82.2 Å². The summed E-state index contributed by atoms with van der Waals surface area (Å²) in [6, 6.07) is 11.2. The van der Waals surface area contributed by atoms with Gasteiger partial charge in [0, 0.05) is 50.6 Å². The average molecular weight is 451 g/mol. The van der Waals surface area contributed by atoms with Crippen molar-refractivity contribution >= 4 is 38.6 Å².